The first-order valence-electron chi connectivity index (χ1n) is 7.99. The molecule has 0 saturated carbocycles. The Kier molecular flexibility index (Phi) is 3.91. The van der Waals surface area contributed by atoms with Gasteiger partial charge in [-0.25, -0.2) is 8.78 Å². The summed E-state index contributed by atoms with van der Waals surface area (Å²) in [5, 5.41) is 2.59. The minimum atomic E-state index is -0.901. The molecule has 0 saturated heterocycles. The van der Waals surface area contributed by atoms with E-state index in [1.165, 1.54) is 12.3 Å². The molecule has 2 heterocycles. The van der Waals surface area contributed by atoms with Gasteiger partial charge in [-0.1, -0.05) is 22.0 Å². The van der Waals surface area contributed by atoms with Crippen LogP contribution in [0.25, 0.3) is 10.9 Å². The van der Waals surface area contributed by atoms with Crippen LogP contribution in [0.1, 0.15) is 28.9 Å². The lowest BCUT2D eigenvalue weighted by atomic mass is 10.1. The molecule has 1 amide bonds. The first kappa shape index (κ1) is 16.9. The summed E-state index contributed by atoms with van der Waals surface area (Å²) in [6.45, 7) is 1.98. The van der Waals surface area contributed by atoms with Crippen molar-refractivity contribution in [3.05, 3.63) is 74.0 Å². The summed E-state index contributed by atoms with van der Waals surface area (Å²) in [5.74, 6) is -2.64. The van der Waals surface area contributed by atoms with E-state index in [0.29, 0.717) is 5.39 Å². The van der Waals surface area contributed by atoms with Crippen LogP contribution in [0.4, 0.5) is 14.5 Å². The van der Waals surface area contributed by atoms with Crippen LogP contribution in [0.5, 0.6) is 0 Å². The first-order valence-corrected chi connectivity index (χ1v) is 8.78. The monoisotopic (exact) mass is 418 g/mol. The van der Waals surface area contributed by atoms with Crippen molar-refractivity contribution in [3.8, 4) is 0 Å². The van der Waals surface area contributed by atoms with Gasteiger partial charge in [-0.2, -0.15) is 0 Å². The van der Waals surface area contributed by atoms with E-state index in [0.717, 1.165) is 34.1 Å². The van der Waals surface area contributed by atoms with Crippen molar-refractivity contribution in [2.24, 2.45) is 0 Å². The molecule has 4 nitrogen and oxygen atoms in total. The quantitative estimate of drug-likeness (QED) is 0.669. The molecule has 1 N–H and O–H groups in total. The Labute approximate surface area is 155 Å². The summed E-state index contributed by atoms with van der Waals surface area (Å²) in [5.41, 5.74) is 0.618. The number of anilines is 1. The molecule has 7 heteroatoms. The zero-order valence-electron chi connectivity index (χ0n) is 13.6. The van der Waals surface area contributed by atoms with Gasteiger partial charge in [0.15, 0.2) is 0 Å². The molecule has 132 valence electrons. The molecule has 0 aliphatic carbocycles. The third-order valence-electron chi connectivity index (χ3n) is 4.61. The summed E-state index contributed by atoms with van der Waals surface area (Å²) in [4.78, 5) is 25.4. The van der Waals surface area contributed by atoms with Crippen molar-refractivity contribution in [1.29, 1.82) is 0 Å². The molecule has 0 radical (unpaired) electrons. The standard InChI is InChI=1S/C19H13BrF2N2O2/c1-9-5-10-6-11(20)7-12-17(10)24(9)8-13(18(12)25)19(26)23-16-14(21)3-2-4-15(16)22/h2-4,6-9H,5H2,1H3,(H,23,26). The number of aromatic nitrogens is 1. The average Bonchev–Trinajstić information content (AvgIpc) is 2.89. The number of benzene rings is 2. The molecule has 0 bridgehead atoms. The van der Waals surface area contributed by atoms with Crippen LogP contribution in [-0.2, 0) is 6.42 Å². The molecule has 1 atom stereocenters. The Morgan fingerprint density at radius 1 is 1.27 bits per heavy atom. The Morgan fingerprint density at radius 2 is 1.96 bits per heavy atom. The summed E-state index contributed by atoms with van der Waals surface area (Å²) in [7, 11) is 0. The van der Waals surface area contributed by atoms with Gasteiger partial charge in [0.1, 0.15) is 22.9 Å². The lowest BCUT2D eigenvalue weighted by molar-refractivity contribution is 0.102. The lowest BCUT2D eigenvalue weighted by Gasteiger charge is -2.13. The molecule has 0 fully saturated rings. The lowest BCUT2D eigenvalue weighted by Crippen LogP contribution is -2.24. The summed E-state index contributed by atoms with van der Waals surface area (Å²) < 4.78 is 30.2. The predicted molar refractivity (Wildman–Crippen MR) is 98.6 cm³/mol. The summed E-state index contributed by atoms with van der Waals surface area (Å²) in [6, 6.07) is 6.96. The molecule has 3 aromatic rings. The average molecular weight is 419 g/mol. The molecule has 4 rings (SSSR count). The number of amides is 1. The molecule has 1 aromatic heterocycles. The Hall–Kier alpha value is -2.54. The highest BCUT2D eigenvalue weighted by Gasteiger charge is 2.25. The number of para-hydroxylation sites is 1. The maximum Gasteiger partial charge on any atom is 0.261 e. The molecule has 1 aliphatic rings. The fourth-order valence-corrected chi connectivity index (χ4v) is 3.93. The third kappa shape index (κ3) is 2.54. The number of pyridine rings is 1. The van der Waals surface area contributed by atoms with Crippen LogP contribution in [0, 0.1) is 11.6 Å². The largest absolute Gasteiger partial charge is 0.343 e. The van der Waals surface area contributed by atoms with Gasteiger partial charge in [-0.15, -0.1) is 0 Å². The second kappa shape index (κ2) is 6.02. The number of carbonyl (C=O) groups excluding carboxylic acids is 1. The Morgan fingerprint density at radius 3 is 2.65 bits per heavy atom. The smallest absolute Gasteiger partial charge is 0.261 e. The van der Waals surface area contributed by atoms with Gasteiger partial charge in [0.05, 0.1) is 5.52 Å². The highest BCUT2D eigenvalue weighted by Crippen LogP contribution is 2.33. The maximum absolute atomic E-state index is 13.8. The fraction of sp³-hybridized carbons (Fsp3) is 0.158. The second-order valence-corrected chi connectivity index (χ2v) is 7.26. The van der Waals surface area contributed by atoms with E-state index in [4.69, 9.17) is 0 Å². The van der Waals surface area contributed by atoms with Crippen molar-refractivity contribution < 1.29 is 13.6 Å². The minimum absolute atomic E-state index is 0.0687. The van der Waals surface area contributed by atoms with Crippen molar-refractivity contribution in [3.63, 3.8) is 0 Å². The predicted octanol–water partition coefficient (Wildman–Crippen LogP) is 4.41. The van der Waals surface area contributed by atoms with E-state index in [1.54, 1.807) is 6.07 Å². The number of nitrogens with zero attached hydrogens (tertiary/aromatic N) is 1. The van der Waals surface area contributed by atoms with Crippen LogP contribution < -0.4 is 10.7 Å². The highest BCUT2D eigenvalue weighted by molar-refractivity contribution is 9.10. The summed E-state index contributed by atoms with van der Waals surface area (Å²) >= 11 is 3.39. The molecule has 0 spiro atoms. The Bertz CT molecular complexity index is 1120. The van der Waals surface area contributed by atoms with Gasteiger partial charge >= 0.3 is 0 Å². The van der Waals surface area contributed by atoms with E-state index in [-0.39, 0.29) is 11.6 Å². The number of nitrogens with one attached hydrogen (secondary N) is 1. The van der Waals surface area contributed by atoms with Crippen molar-refractivity contribution in [2.45, 2.75) is 19.4 Å². The van der Waals surface area contributed by atoms with Gasteiger partial charge in [-0.3, -0.25) is 9.59 Å². The zero-order chi connectivity index (χ0) is 18.6. The van der Waals surface area contributed by atoms with Gasteiger partial charge in [0.25, 0.3) is 5.91 Å². The fourth-order valence-electron chi connectivity index (χ4n) is 3.42. The third-order valence-corrected chi connectivity index (χ3v) is 5.06. The minimum Gasteiger partial charge on any atom is -0.343 e. The molecule has 26 heavy (non-hydrogen) atoms. The van der Waals surface area contributed by atoms with Crippen LogP contribution >= 0.6 is 15.9 Å². The molecule has 1 unspecified atom stereocenters. The van der Waals surface area contributed by atoms with E-state index in [1.807, 2.05) is 17.6 Å². The van der Waals surface area contributed by atoms with E-state index < -0.39 is 28.7 Å². The maximum atomic E-state index is 13.8. The molecule has 1 aliphatic heterocycles. The SMILES string of the molecule is CC1Cc2cc(Br)cc3c(=O)c(C(=O)Nc4c(F)cccc4F)cn1c23. The van der Waals surface area contributed by atoms with Crippen LogP contribution in [0.3, 0.4) is 0 Å². The van der Waals surface area contributed by atoms with Crippen molar-refractivity contribution in [2.75, 3.05) is 5.32 Å². The van der Waals surface area contributed by atoms with Crippen molar-refractivity contribution in [1.82, 2.24) is 4.57 Å². The van der Waals surface area contributed by atoms with Gasteiger partial charge in [0.2, 0.25) is 5.43 Å². The highest BCUT2D eigenvalue weighted by atomic mass is 79.9. The van der Waals surface area contributed by atoms with Crippen LogP contribution in [0.2, 0.25) is 0 Å². The topological polar surface area (TPSA) is 51.1 Å². The number of hydrogen-bond acceptors (Lipinski definition) is 2. The van der Waals surface area contributed by atoms with Gasteiger partial charge in [0, 0.05) is 22.1 Å². The summed E-state index contributed by atoms with van der Waals surface area (Å²) in [6.07, 6.45) is 2.20. The molecule has 2 aromatic carbocycles. The number of halogens is 3. The zero-order valence-corrected chi connectivity index (χ0v) is 15.2. The van der Waals surface area contributed by atoms with E-state index in [2.05, 4.69) is 21.2 Å². The molecular formula is C19H13BrF2N2O2. The van der Waals surface area contributed by atoms with Crippen LogP contribution in [-0.4, -0.2) is 10.5 Å². The van der Waals surface area contributed by atoms with Crippen molar-refractivity contribution >= 4 is 38.4 Å². The molecular weight excluding hydrogens is 406 g/mol. The van der Waals surface area contributed by atoms with Gasteiger partial charge in [-0.05, 0) is 43.2 Å². The number of carbonyl (C=O) groups is 1. The number of rotatable bonds is 2. The number of hydrogen-bond donors (Lipinski definition) is 1. The Balaban J connectivity index is 1.87. The normalized spacial score (nSPS) is 15.5. The van der Waals surface area contributed by atoms with Gasteiger partial charge < -0.3 is 9.88 Å². The van der Waals surface area contributed by atoms with E-state index >= 15 is 0 Å². The van der Waals surface area contributed by atoms with E-state index in [9.17, 15) is 18.4 Å². The van der Waals surface area contributed by atoms with Crippen LogP contribution in [0.15, 0.2) is 45.8 Å². The first-order chi connectivity index (χ1) is 12.4. The second-order valence-electron chi connectivity index (χ2n) is 6.34.